The van der Waals surface area contributed by atoms with Crippen LogP contribution in [0.15, 0.2) is 59.1 Å². The number of anilines is 1. The Balaban J connectivity index is 1.80. The van der Waals surface area contributed by atoms with Gasteiger partial charge in [-0.2, -0.15) is 4.98 Å². The number of rotatable bonds is 8. The summed E-state index contributed by atoms with van der Waals surface area (Å²) in [6.07, 6.45) is 1.41. The van der Waals surface area contributed by atoms with Crippen molar-refractivity contribution >= 4 is 21.6 Å². The molecule has 1 atom stereocenters. The van der Waals surface area contributed by atoms with E-state index in [-0.39, 0.29) is 18.3 Å². The van der Waals surface area contributed by atoms with Crippen molar-refractivity contribution in [3.8, 4) is 11.4 Å². The Morgan fingerprint density at radius 3 is 2.32 bits per heavy atom. The molecule has 0 radical (unpaired) electrons. The molecule has 0 spiro atoms. The third-order valence-corrected chi connectivity index (χ3v) is 6.03. The van der Waals surface area contributed by atoms with Crippen LogP contribution in [0, 0.1) is 6.92 Å². The van der Waals surface area contributed by atoms with Gasteiger partial charge in [0.1, 0.15) is 6.04 Å². The number of carbonyl (C=O) groups excluding carboxylic acids is 1. The minimum Gasteiger partial charge on any atom is -0.337 e. The largest absolute Gasteiger partial charge is 0.337 e. The minimum absolute atomic E-state index is 0.0700. The van der Waals surface area contributed by atoms with Gasteiger partial charge in [-0.05, 0) is 25.5 Å². The topological polar surface area (TPSA) is 96.6 Å². The maximum absolute atomic E-state index is 13.2. The molecule has 0 aliphatic carbocycles. The molecule has 1 aromatic heterocycles. The summed E-state index contributed by atoms with van der Waals surface area (Å²) in [6.45, 7) is 3.84. The normalized spacial score (nSPS) is 12.4. The van der Waals surface area contributed by atoms with Crippen molar-refractivity contribution in [3.05, 3.63) is 66.1 Å². The lowest BCUT2D eigenvalue weighted by Crippen LogP contribution is -2.49. The highest BCUT2D eigenvalue weighted by Crippen LogP contribution is 2.23. The Bertz CT molecular complexity index is 1130. The van der Waals surface area contributed by atoms with Crippen molar-refractivity contribution in [3.63, 3.8) is 0 Å². The highest BCUT2D eigenvalue weighted by molar-refractivity contribution is 7.92. The zero-order chi connectivity index (χ0) is 22.6. The monoisotopic (exact) mass is 442 g/mol. The van der Waals surface area contributed by atoms with Crippen LogP contribution in [-0.2, 0) is 21.4 Å². The van der Waals surface area contributed by atoms with Crippen LogP contribution in [0.5, 0.6) is 0 Å². The summed E-state index contributed by atoms with van der Waals surface area (Å²) in [4.78, 5) is 19.0. The molecule has 8 nitrogen and oxygen atoms in total. The van der Waals surface area contributed by atoms with E-state index in [1.54, 1.807) is 44.3 Å². The molecule has 3 rings (SSSR count). The SMILES string of the molecule is CC[C@@H](C(=O)N(C)Cc1nc(-c2ccc(C)cc2)no1)N(c1ccccc1)S(C)(=O)=O. The molecule has 2 aromatic carbocycles. The first-order valence-electron chi connectivity index (χ1n) is 9.89. The number of aromatic nitrogens is 2. The van der Waals surface area contributed by atoms with Gasteiger partial charge in [-0.3, -0.25) is 9.10 Å². The van der Waals surface area contributed by atoms with Crippen LogP contribution in [0.3, 0.4) is 0 Å². The van der Waals surface area contributed by atoms with Crippen molar-refractivity contribution in [2.45, 2.75) is 32.9 Å². The molecule has 1 heterocycles. The van der Waals surface area contributed by atoms with E-state index < -0.39 is 16.1 Å². The van der Waals surface area contributed by atoms with Crippen LogP contribution in [0.1, 0.15) is 24.8 Å². The Labute approximate surface area is 182 Å². The van der Waals surface area contributed by atoms with Gasteiger partial charge in [-0.15, -0.1) is 0 Å². The lowest BCUT2D eigenvalue weighted by Gasteiger charge is -2.32. The van der Waals surface area contributed by atoms with Gasteiger partial charge in [0, 0.05) is 12.6 Å². The summed E-state index contributed by atoms with van der Waals surface area (Å²) in [5.74, 6) is 0.351. The van der Waals surface area contributed by atoms with Crippen LogP contribution in [0.4, 0.5) is 5.69 Å². The van der Waals surface area contributed by atoms with Gasteiger partial charge >= 0.3 is 0 Å². The van der Waals surface area contributed by atoms with Crippen molar-refractivity contribution in [1.82, 2.24) is 15.0 Å². The molecule has 0 aliphatic heterocycles. The number of amides is 1. The van der Waals surface area contributed by atoms with Crippen LogP contribution in [0.2, 0.25) is 0 Å². The maximum Gasteiger partial charge on any atom is 0.246 e. The first-order chi connectivity index (χ1) is 14.7. The molecule has 0 saturated carbocycles. The Morgan fingerprint density at radius 2 is 1.74 bits per heavy atom. The van der Waals surface area contributed by atoms with Crippen LogP contribution in [0.25, 0.3) is 11.4 Å². The van der Waals surface area contributed by atoms with E-state index in [9.17, 15) is 13.2 Å². The zero-order valence-corrected chi connectivity index (χ0v) is 18.8. The molecule has 0 N–H and O–H groups in total. The highest BCUT2D eigenvalue weighted by atomic mass is 32.2. The average molecular weight is 443 g/mol. The second-order valence-electron chi connectivity index (χ2n) is 7.39. The van der Waals surface area contributed by atoms with E-state index in [0.717, 1.165) is 21.7 Å². The molecule has 164 valence electrons. The summed E-state index contributed by atoms with van der Waals surface area (Å²) >= 11 is 0. The van der Waals surface area contributed by atoms with Crippen LogP contribution < -0.4 is 4.31 Å². The fourth-order valence-corrected chi connectivity index (χ4v) is 4.50. The predicted octanol–water partition coefficient (Wildman–Crippen LogP) is 3.25. The second kappa shape index (κ2) is 9.30. The summed E-state index contributed by atoms with van der Waals surface area (Å²) in [5, 5.41) is 3.99. The number of hydrogen-bond donors (Lipinski definition) is 0. The lowest BCUT2D eigenvalue weighted by atomic mass is 10.1. The van der Waals surface area contributed by atoms with Gasteiger partial charge < -0.3 is 9.42 Å². The third kappa shape index (κ3) is 5.29. The van der Waals surface area contributed by atoms with E-state index in [4.69, 9.17) is 4.52 Å². The molecular formula is C22H26N4O4S. The van der Waals surface area contributed by atoms with E-state index in [0.29, 0.717) is 17.9 Å². The second-order valence-corrected chi connectivity index (χ2v) is 9.25. The van der Waals surface area contributed by atoms with Crippen molar-refractivity contribution in [2.75, 3.05) is 17.6 Å². The number of carbonyl (C=O) groups is 1. The van der Waals surface area contributed by atoms with Crippen molar-refractivity contribution in [1.29, 1.82) is 0 Å². The molecule has 0 fully saturated rings. The predicted molar refractivity (Wildman–Crippen MR) is 119 cm³/mol. The Kier molecular flexibility index (Phi) is 6.74. The number of hydrogen-bond acceptors (Lipinski definition) is 6. The van der Waals surface area contributed by atoms with Crippen LogP contribution >= 0.6 is 0 Å². The molecule has 0 aliphatic rings. The Morgan fingerprint density at radius 1 is 1.10 bits per heavy atom. The first kappa shape index (κ1) is 22.5. The summed E-state index contributed by atoms with van der Waals surface area (Å²) < 4.78 is 31.5. The number of sulfonamides is 1. The quantitative estimate of drug-likeness (QED) is 0.531. The van der Waals surface area contributed by atoms with Crippen LogP contribution in [-0.4, -0.2) is 48.7 Å². The highest BCUT2D eigenvalue weighted by Gasteiger charge is 2.33. The van der Waals surface area contributed by atoms with E-state index >= 15 is 0 Å². The number of aryl methyl sites for hydroxylation is 1. The zero-order valence-electron chi connectivity index (χ0n) is 18.0. The minimum atomic E-state index is -3.68. The van der Waals surface area contributed by atoms with E-state index in [1.165, 1.54) is 4.90 Å². The molecule has 9 heteroatoms. The molecule has 0 unspecified atom stereocenters. The summed E-state index contributed by atoms with van der Waals surface area (Å²) in [6, 6.07) is 15.4. The fourth-order valence-electron chi connectivity index (χ4n) is 3.29. The molecule has 31 heavy (non-hydrogen) atoms. The van der Waals surface area contributed by atoms with Gasteiger partial charge in [-0.1, -0.05) is 60.1 Å². The number of nitrogens with zero attached hydrogens (tertiary/aromatic N) is 4. The molecule has 1 amide bonds. The number of para-hydroxylation sites is 1. The lowest BCUT2D eigenvalue weighted by molar-refractivity contribution is -0.132. The molecule has 0 bridgehead atoms. The molecule has 3 aromatic rings. The van der Waals surface area contributed by atoms with Crippen molar-refractivity contribution < 1.29 is 17.7 Å². The first-order valence-corrected chi connectivity index (χ1v) is 11.7. The standard InChI is InChI=1S/C22H26N4O4S/c1-5-19(26(31(4,28)29)18-9-7-6-8-10-18)22(27)25(3)15-20-23-21(24-30-20)17-13-11-16(2)12-14-17/h6-14,19H,5,15H2,1-4H3/t19-/m0/s1. The molecular weight excluding hydrogens is 416 g/mol. The van der Waals surface area contributed by atoms with Gasteiger partial charge in [0.2, 0.25) is 27.6 Å². The van der Waals surface area contributed by atoms with Gasteiger partial charge in [0.25, 0.3) is 0 Å². The average Bonchev–Trinajstić information content (AvgIpc) is 3.20. The Hall–Kier alpha value is -3.20. The van der Waals surface area contributed by atoms with Crippen molar-refractivity contribution in [2.24, 2.45) is 0 Å². The van der Waals surface area contributed by atoms with Gasteiger partial charge in [0.05, 0.1) is 18.5 Å². The molecule has 0 saturated heterocycles. The smallest absolute Gasteiger partial charge is 0.246 e. The fraction of sp³-hybridized carbons (Fsp3) is 0.318. The van der Waals surface area contributed by atoms with E-state index in [2.05, 4.69) is 10.1 Å². The van der Waals surface area contributed by atoms with Gasteiger partial charge in [-0.25, -0.2) is 8.42 Å². The van der Waals surface area contributed by atoms with E-state index in [1.807, 2.05) is 31.2 Å². The number of likely N-dealkylation sites (N-methyl/N-ethyl adjacent to an activating group) is 1. The third-order valence-electron chi connectivity index (χ3n) is 4.85. The maximum atomic E-state index is 13.2. The number of benzene rings is 2. The summed E-state index contributed by atoms with van der Waals surface area (Å²) in [7, 11) is -2.09. The van der Waals surface area contributed by atoms with Gasteiger partial charge in [0.15, 0.2) is 0 Å². The summed E-state index contributed by atoms with van der Waals surface area (Å²) in [5.41, 5.74) is 2.38.